The molecule has 0 spiro atoms. The first-order chi connectivity index (χ1) is 14.1. The van der Waals surface area contributed by atoms with E-state index >= 15 is 0 Å². The van der Waals surface area contributed by atoms with Crippen molar-refractivity contribution in [2.24, 2.45) is 5.73 Å². The number of rotatable bonds is 4. The normalized spacial score (nSPS) is 15.4. The Labute approximate surface area is 168 Å². The lowest BCUT2D eigenvalue weighted by atomic mass is 9.82. The summed E-state index contributed by atoms with van der Waals surface area (Å²) in [7, 11) is 0. The number of carbonyl (C=O) groups is 1. The largest absolute Gasteiger partial charge is 0.508 e. The lowest BCUT2D eigenvalue weighted by Gasteiger charge is -2.28. The van der Waals surface area contributed by atoms with Crippen LogP contribution in [0.25, 0.3) is 11.3 Å². The summed E-state index contributed by atoms with van der Waals surface area (Å²) in [6.45, 7) is 1.96. The molecule has 0 amide bonds. The predicted molar refractivity (Wildman–Crippen MR) is 108 cm³/mol. The standard InChI is InChI=1S/C23H20N2O4/c1-2-28-23(27)21-20(17-11-10-16(26)13-19(17)29-22(21)24)15-8-6-14(7-9-15)18-5-3-4-12-25-18/h3-13,20,26H,2,24H2,1H3. The van der Waals surface area contributed by atoms with E-state index in [4.69, 9.17) is 15.2 Å². The van der Waals surface area contributed by atoms with E-state index in [1.165, 1.54) is 6.07 Å². The summed E-state index contributed by atoms with van der Waals surface area (Å²) >= 11 is 0. The second-order valence-corrected chi connectivity index (χ2v) is 6.59. The van der Waals surface area contributed by atoms with Crippen LogP contribution in [0.4, 0.5) is 0 Å². The Morgan fingerprint density at radius 2 is 1.97 bits per heavy atom. The van der Waals surface area contributed by atoms with Gasteiger partial charge in [-0.2, -0.15) is 0 Å². The van der Waals surface area contributed by atoms with Crippen molar-refractivity contribution in [3.8, 4) is 22.8 Å². The van der Waals surface area contributed by atoms with Crippen LogP contribution in [0.5, 0.6) is 11.5 Å². The third kappa shape index (κ3) is 3.52. The Morgan fingerprint density at radius 3 is 2.66 bits per heavy atom. The summed E-state index contributed by atoms with van der Waals surface area (Å²) in [6, 6.07) is 18.3. The molecular weight excluding hydrogens is 368 g/mol. The first-order valence-corrected chi connectivity index (χ1v) is 9.27. The molecule has 2 aromatic carbocycles. The highest BCUT2D eigenvalue weighted by Crippen LogP contribution is 2.44. The fourth-order valence-electron chi connectivity index (χ4n) is 3.47. The number of nitrogens with two attached hydrogens (primary N) is 1. The molecule has 3 aromatic rings. The average molecular weight is 388 g/mol. The van der Waals surface area contributed by atoms with Gasteiger partial charge in [0.05, 0.1) is 18.2 Å². The van der Waals surface area contributed by atoms with Gasteiger partial charge in [0.2, 0.25) is 5.88 Å². The van der Waals surface area contributed by atoms with E-state index in [2.05, 4.69) is 4.98 Å². The smallest absolute Gasteiger partial charge is 0.340 e. The van der Waals surface area contributed by atoms with Crippen LogP contribution in [0.2, 0.25) is 0 Å². The highest BCUT2D eigenvalue weighted by atomic mass is 16.5. The minimum absolute atomic E-state index is 0.0275. The molecule has 0 fully saturated rings. The number of benzene rings is 2. The van der Waals surface area contributed by atoms with Crippen LogP contribution in [0.3, 0.4) is 0 Å². The van der Waals surface area contributed by atoms with E-state index in [0.717, 1.165) is 22.4 Å². The maximum Gasteiger partial charge on any atom is 0.340 e. The molecule has 2 heterocycles. The highest BCUT2D eigenvalue weighted by molar-refractivity contribution is 5.92. The molecule has 3 N–H and O–H groups in total. The van der Waals surface area contributed by atoms with E-state index in [1.54, 1.807) is 25.3 Å². The summed E-state index contributed by atoms with van der Waals surface area (Å²) in [5, 5.41) is 9.82. The fourth-order valence-corrected chi connectivity index (χ4v) is 3.47. The summed E-state index contributed by atoms with van der Waals surface area (Å²) in [5.41, 5.74) is 9.73. The van der Waals surface area contributed by atoms with Crippen molar-refractivity contribution >= 4 is 5.97 Å². The van der Waals surface area contributed by atoms with Gasteiger partial charge in [0.25, 0.3) is 0 Å². The number of ether oxygens (including phenoxy) is 2. The van der Waals surface area contributed by atoms with Crippen LogP contribution < -0.4 is 10.5 Å². The first kappa shape index (κ1) is 18.6. The molecule has 1 atom stereocenters. The van der Waals surface area contributed by atoms with Gasteiger partial charge >= 0.3 is 5.97 Å². The molecule has 1 aliphatic rings. The van der Waals surface area contributed by atoms with Gasteiger partial charge in [0.15, 0.2) is 0 Å². The number of carbonyl (C=O) groups excluding carboxylic acids is 1. The van der Waals surface area contributed by atoms with Crippen molar-refractivity contribution in [3.05, 3.63) is 89.4 Å². The Hall–Kier alpha value is -3.80. The van der Waals surface area contributed by atoms with Crippen molar-refractivity contribution in [1.82, 2.24) is 4.98 Å². The Balaban J connectivity index is 1.81. The number of hydrogen-bond acceptors (Lipinski definition) is 6. The van der Waals surface area contributed by atoms with Gasteiger partial charge in [0.1, 0.15) is 17.1 Å². The highest BCUT2D eigenvalue weighted by Gasteiger charge is 2.35. The van der Waals surface area contributed by atoms with Crippen LogP contribution >= 0.6 is 0 Å². The predicted octanol–water partition coefficient (Wildman–Crippen LogP) is 3.71. The Morgan fingerprint density at radius 1 is 1.17 bits per heavy atom. The van der Waals surface area contributed by atoms with Gasteiger partial charge in [-0.25, -0.2) is 4.79 Å². The number of pyridine rings is 1. The molecule has 0 aliphatic carbocycles. The van der Waals surface area contributed by atoms with Crippen LogP contribution in [-0.4, -0.2) is 22.7 Å². The van der Waals surface area contributed by atoms with Crippen molar-refractivity contribution in [2.45, 2.75) is 12.8 Å². The molecule has 146 valence electrons. The third-order valence-corrected chi connectivity index (χ3v) is 4.78. The molecule has 29 heavy (non-hydrogen) atoms. The van der Waals surface area contributed by atoms with Gasteiger partial charge in [0, 0.05) is 23.4 Å². The van der Waals surface area contributed by atoms with E-state index in [9.17, 15) is 9.90 Å². The SMILES string of the molecule is CCOC(=O)C1=C(N)Oc2cc(O)ccc2C1c1ccc(-c2ccccn2)cc1. The number of phenols is 1. The molecule has 1 unspecified atom stereocenters. The minimum Gasteiger partial charge on any atom is -0.508 e. The number of aromatic hydroxyl groups is 1. The molecular formula is C23H20N2O4. The lowest BCUT2D eigenvalue weighted by molar-refractivity contribution is -0.139. The summed E-state index contributed by atoms with van der Waals surface area (Å²) in [6.07, 6.45) is 1.74. The second-order valence-electron chi connectivity index (χ2n) is 6.59. The molecule has 6 heteroatoms. The third-order valence-electron chi connectivity index (χ3n) is 4.78. The van der Waals surface area contributed by atoms with Gasteiger partial charge in [-0.15, -0.1) is 0 Å². The summed E-state index contributed by atoms with van der Waals surface area (Å²) in [4.78, 5) is 17.0. The zero-order chi connectivity index (χ0) is 20.4. The van der Waals surface area contributed by atoms with Crippen molar-refractivity contribution in [3.63, 3.8) is 0 Å². The summed E-state index contributed by atoms with van der Waals surface area (Å²) in [5.74, 6) is -0.561. The molecule has 0 saturated carbocycles. The number of hydrogen-bond donors (Lipinski definition) is 2. The van der Waals surface area contributed by atoms with Crippen molar-refractivity contribution in [1.29, 1.82) is 0 Å². The van der Waals surface area contributed by atoms with Gasteiger partial charge < -0.3 is 20.3 Å². The van der Waals surface area contributed by atoms with Crippen LogP contribution in [0.15, 0.2) is 78.3 Å². The Kier molecular flexibility index (Phi) is 4.91. The van der Waals surface area contributed by atoms with Crippen LogP contribution in [0, 0.1) is 0 Å². The van der Waals surface area contributed by atoms with Crippen LogP contribution in [-0.2, 0) is 9.53 Å². The zero-order valence-electron chi connectivity index (χ0n) is 15.8. The molecule has 0 radical (unpaired) electrons. The number of fused-ring (bicyclic) bond motifs is 1. The van der Waals surface area contributed by atoms with Crippen LogP contribution in [0.1, 0.15) is 24.0 Å². The molecule has 1 aliphatic heterocycles. The molecule has 4 rings (SSSR count). The lowest BCUT2D eigenvalue weighted by Crippen LogP contribution is -2.27. The quantitative estimate of drug-likeness (QED) is 0.662. The number of esters is 1. The second kappa shape index (κ2) is 7.67. The molecule has 6 nitrogen and oxygen atoms in total. The Bertz CT molecular complexity index is 1080. The maximum atomic E-state index is 12.7. The molecule has 0 bridgehead atoms. The monoisotopic (exact) mass is 388 g/mol. The van der Waals surface area contributed by atoms with Gasteiger partial charge in [-0.1, -0.05) is 36.4 Å². The number of phenolic OH excluding ortho intramolecular Hbond substituents is 1. The average Bonchev–Trinajstić information content (AvgIpc) is 2.73. The molecule has 1 aromatic heterocycles. The van der Waals surface area contributed by atoms with E-state index in [0.29, 0.717) is 5.75 Å². The van der Waals surface area contributed by atoms with Crippen molar-refractivity contribution < 1.29 is 19.4 Å². The van der Waals surface area contributed by atoms with Gasteiger partial charge in [-0.05, 0) is 30.7 Å². The van der Waals surface area contributed by atoms with Gasteiger partial charge in [-0.3, -0.25) is 4.98 Å². The van der Waals surface area contributed by atoms with E-state index in [1.807, 2.05) is 42.5 Å². The van der Waals surface area contributed by atoms with Crippen molar-refractivity contribution in [2.75, 3.05) is 6.61 Å². The topological polar surface area (TPSA) is 94.7 Å². The first-order valence-electron chi connectivity index (χ1n) is 9.27. The number of aromatic nitrogens is 1. The van der Waals surface area contributed by atoms with E-state index < -0.39 is 11.9 Å². The molecule has 0 saturated heterocycles. The maximum absolute atomic E-state index is 12.7. The minimum atomic E-state index is -0.525. The van der Waals surface area contributed by atoms with E-state index in [-0.39, 0.29) is 23.8 Å². The zero-order valence-corrected chi connectivity index (χ0v) is 15.8. The fraction of sp³-hybridized carbons (Fsp3) is 0.130. The summed E-state index contributed by atoms with van der Waals surface area (Å²) < 4.78 is 10.8. The number of nitrogens with zero attached hydrogens (tertiary/aromatic N) is 1.